The van der Waals surface area contributed by atoms with Gasteiger partial charge in [0, 0.05) is 5.56 Å². The zero-order chi connectivity index (χ0) is 14.8. The minimum atomic E-state index is -4.66. The molecule has 0 radical (unpaired) electrons. The topological polar surface area (TPSA) is 22.1 Å². The van der Waals surface area contributed by atoms with E-state index in [4.69, 9.17) is 0 Å². The van der Waals surface area contributed by atoms with E-state index in [2.05, 4.69) is 9.72 Å². The van der Waals surface area contributed by atoms with Crippen LogP contribution in [0.5, 0.6) is 5.75 Å². The molecule has 1 aromatic carbocycles. The van der Waals surface area contributed by atoms with Crippen molar-refractivity contribution >= 4 is 0 Å². The summed E-state index contributed by atoms with van der Waals surface area (Å²) >= 11 is 0. The van der Waals surface area contributed by atoms with Gasteiger partial charge >= 0.3 is 12.8 Å². The quantitative estimate of drug-likeness (QED) is 0.783. The fourth-order valence-electron chi connectivity index (χ4n) is 1.60. The van der Waals surface area contributed by atoms with Crippen molar-refractivity contribution in [2.24, 2.45) is 0 Å². The lowest BCUT2D eigenvalue weighted by Gasteiger charge is -2.13. The van der Waals surface area contributed by atoms with Crippen molar-refractivity contribution in [3.8, 4) is 17.0 Å². The maximum Gasteiger partial charge on any atom is 0.433 e. The molecular weight excluding hydrogens is 281 g/mol. The minimum absolute atomic E-state index is 0.259. The molecule has 0 aliphatic heterocycles. The Morgan fingerprint density at radius 1 is 0.950 bits per heavy atom. The van der Waals surface area contributed by atoms with Crippen molar-refractivity contribution in [1.82, 2.24) is 4.98 Å². The second-order valence-electron chi connectivity index (χ2n) is 3.79. The van der Waals surface area contributed by atoms with E-state index >= 15 is 0 Å². The van der Waals surface area contributed by atoms with Crippen LogP contribution in [0.1, 0.15) is 5.69 Å². The number of ether oxygens (including phenoxy) is 1. The maximum absolute atomic E-state index is 12.6. The first-order valence-electron chi connectivity index (χ1n) is 5.46. The average Bonchev–Trinajstić information content (AvgIpc) is 2.38. The zero-order valence-corrected chi connectivity index (χ0v) is 9.86. The van der Waals surface area contributed by atoms with Gasteiger partial charge in [-0.2, -0.15) is 22.0 Å². The largest absolute Gasteiger partial charge is 0.433 e. The molecule has 106 valence electrons. The number of alkyl halides is 5. The fourth-order valence-corrected chi connectivity index (χ4v) is 1.60. The lowest BCUT2D eigenvalue weighted by molar-refractivity contribution is -0.141. The molecule has 1 aromatic heterocycles. The molecular formula is C13H8F5NO. The maximum atomic E-state index is 12.6. The normalized spacial score (nSPS) is 11.7. The second kappa shape index (κ2) is 5.44. The highest BCUT2D eigenvalue weighted by Crippen LogP contribution is 2.34. The molecule has 0 aliphatic carbocycles. The lowest BCUT2D eigenvalue weighted by atomic mass is 10.1. The highest BCUT2D eigenvalue weighted by molar-refractivity contribution is 5.66. The van der Waals surface area contributed by atoms with Crippen LogP contribution < -0.4 is 4.74 Å². The van der Waals surface area contributed by atoms with Crippen molar-refractivity contribution in [2.75, 3.05) is 0 Å². The Labute approximate surface area is 110 Å². The third-order valence-corrected chi connectivity index (χ3v) is 2.41. The summed E-state index contributed by atoms with van der Waals surface area (Å²) in [6.07, 6.45) is -4.66. The number of hydrogen-bond acceptors (Lipinski definition) is 2. The highest BCUT2D eigenvalue weighted by Gasteiger charge is 2.33. The van der Waals surface area contributed by atoms with Gasteiger partial charge in [0.15, 0.2) is 5.75 Å². The SMILES string of the molecule is FC(F)Oc1ccc(C(F)(F)F)nc1-c1ccccc1. The standard InChI is InChI=1S/C13H8F5NO/c14-12(15)20-9-6-7-10(13(16,17)18)19-11(9)8-4-2-1-3-5-8/h1-7,12H. The molecule has 0 atom stereocenters. The predicted octanol–water partition coefficient (Wildman–Crippen LogP) is 4.37. The van der Waals surface area contributed by atoms with Crippen LogP contribution in [0.15, 0.2) is 42.5 Å². The van der Waals surface area contributed by atoms with E-state index in [9.17, 15) is 22.0 Å². The van der Waals surface area contributed by atoms with Crippen molar-refractivity contribution in [3.05, 3.63) is 48.2 Å². The summed E-state index contributed by atoms with van der Waals surface area (Å²) in [6, 6.07) is 9.12. The van der Waals surface area contributed by atoms with Crippen LogP contribution in [0.25, 0.3) is 11.3 Å². The Hall–Kier alpha value is -2.18. The third kappa shape index (κ3) is 3.23. The molecule has 0 spiro atoms. The number of pyridine rings is 1. The van der Waals surface area contributed by atoms with E-state index < -0.39 is 24.2 Å². The Morgan fingerprint density at radius 2 is 1.60 bits per heavy atom. The molecule has 7 heteroatoms. The van der Waals surface area contributed by atoms with Crippen LogP contribution in [-0.2, 0) is 6.18 Å². The average molecular weight is 289 g/mol. The van der Waals surface area contributed by atoms with Crippen LogP contribution in [0.2, 0.25) is 0 Å². The minimum Gasteiger partial charge on any atom is -0.432 e. The Kier molecular flexibility index (Phi) is 3.87. The van der Waals surface area contributed by atoms with Crippen LogP contribution in [0.3, 0.4) is 0 Å². The molecule has 0 N–H and O–H groups in total. The number of nitrogens with zero attached hydrogens (tertiary/aromatic N) is 1. The fraction of sp³-hybridized carbons (Fsp3) is 0.154. The van der Waals surface area contributed by atoms with E-state index in [-0.39, 0.29) is 11.3 Å². The number of halogens is 5. The molecule has 2 aromatic rings. The molecule has 0 bridgehead atoms. The van der Waals surface area contributed by atoms with Crippen molar-refractivity contribution in [1.29, 1.82) is 0 Å². The molecule has 0 fully saturated rings. The summed E-state index contributed by atoms with van der Waals surface area (Å²) in [6.45, 7) is -3.14. The first-order chi connectivity index (χ1) is 9.38. The van der Waals surface area contributed by atoms with Gasteiger partial charge < -0.3 is 4.74 Å². The van der Waals surface area contributed by atoms with Gasteiger partial charge in [0.1, 0.15) is 11.4 Å². The molecule has 2 nitrogen and oxygen atoms in total. The second-order valence-corrected chi connectivity index (χ2v) is 3.79. The monoisotopic (exact) mass is 289 g/mol. The molecule has 0 saturated heterocycles. The van der Waals surface area contributed by atoms with Gasteiger partial charge in [0.25, 0.3) is 0 Å². The Morgan fingerprint density at radius 3 is 2.15 bits per heavy atom. The third-order valence-electron chi connectivity index (χ3n) is 2.41. The summed E-state index contributed by atoms with van der Waals surface area (Å²) in [5.74, 6) is -0.404. The van der Waals surface area contributed by atoms with Crippen LogP contribution >= 0.6 is 0 Å². The van der Waals surface area contributed by atoms with Gasteiger partial charge in [-0.1, -0.05) is 30.3 Å². The van der Waals surface area contributed by atoms with Crippen molar-refractivity contribution < 1.29 is 26.7 Å². The van der Waals surface area contributed by atoms with Gasteiger partial charge in [-0.3, -0.25) is 0 Å². The molecule has 0 unspecified atom stereocenters. The van der Waals surface area contributed by atoms with Crippen molar-refractivity contribution in [3.63, 3.8) is 0 Å². The van der Waals surface area contributed by atoms with E-state index in [0.717, 1.165) is 6.07 Å². The summed E-state index contributed by atoms with van der Waals surface area (Å²) < 4.78 is 66.6. The molecule has 0 amide bonds. The van der Waals surface area contributed by atoms with Gasteiger partial charge in [-0.15, -0.1) is 0 Å². The van der Waals surface area contributed by atoms with Gasteiger partial charge in [-0.05, 0) is 12.1 Å². The number of hydrogen-bond donors (Lipinski definition) is 0. The number of rotatable bonds is 3. The van der Waals surface area contributed by atoms with Gasteiger partial charge in [0.2, 0.25) is 0 Å². The van der Waals surface area contributed by atoms with E-state index in [0.29, 0.717) is 6.07 Å². The zero-order valence-electron chi connectivity index (χ0n) is 9.86. The van der Waals surface area contributed by atoms with Crippen LogP contribution in [-0.4, -0.2) is 11.6 Å². The van der Waals surface area contributed by atoms with Crippen molar-refractivity contribution in [2.45, 2.75) is 12.8 Å². The highest BCUT2D eigenvalue weighted by atomic mass is 19.4. The smallest absolute Gasteiger partial charge is 0.432 e. The summed E-state index contributed by atoms with van der Waals surface area (Å²) in [4.78, 5) is 3.38. The molecule has 1 heterocycles. The number of benzene rings is 1. The molecule has 20 heavy (non-hydrogen) atoms. The molecule has 2 rings (SSSR count). The summed E-state index contributed by atoms with van der Waals surface area (Å²) in [5, 5.41) is 0. The lowest BCUT2D eigenvalue weighted by Crippen LogP contribution is -2.10. The summed E-state index contributed by atoms with van der Waals surface area (Å²) in [7, 11) is 0. The Balaban J connectivity index is 2.54. The first-order valence-corrected chi connectivity index (χ1v) is 5.46. The molecule has 0 saturated carbocycles. The van der Waals surface area contributed by atoms with E-state index in [1.165, 1.54) is 12.1 Å². The van der Waals surface area contributed by atoms with E-state index in [1.807, 2.05) is 0 Å². The molecule has 0 aliphatic rings. The van der Waals surface area contributed by atoms with Gasteiger partial charge in [-0.25, -0.2) is 4.98 Å². The first kappa shape index (κ1) is 14.2. The summed E-state index contributed by atoms with van der Waals surface area (Å²) in [5.41, 5.74) is -1.19. The number of aromatic nitrogens is 1. The van der Waals surface area contributed by atoms with Crippen LogP contribution in [0.4, 0.5) is 22.0 Å². The Bertz CT molecular complexity index is 583. The van der Waals surface area contributed by atoms with Gasteiger partial charge in [0.05, 0.1) is 0 Å². The predicted molar refractivity (Wildman–Crippen MR) is 61.3 cm³/mol. The van der Waals surface area contributed by atoms with Crippen LogP contribution in [0, 0.1) is 0 Å². The van der Waals surface area contributed by atoms with E-state index in [1.54, 1.807) is 18.2 Å².